The summed E-state index contributed by atoms with van der Waals surface area (Å²) in [5.74, 6) is 0. The number of hydrogen-bond acceptors (Lipinski definition) is 4. The van der Waals surface area contributed by atoms with E-state index in [1.54, 1.807) is 11.3 Å². The Morgan fingerprint density at radius 3 is 2.88 bits per heavy atom. The molecule has 0 bridgehead atoms. The molecular weight excluding hydrogens is 349 g/mol. The maximum atomic E-state index is 9.91. The van der Waals surface area contributed by atoms with Crippen molar-refractivity contribution in [2.75, 3.05) is 6.61 Å². The highest BCUT2D eigenvalue weighted by molar-refractivity contribution is 14.1. The van der Waals surface area contributed by atoms with Crippen molar-refractivity contribution in [2.24, 2.45) is 0 Å². The summed E-state index contributed by atoms with van der Waals surface area (Å²) in [6.45, 7) is 3.88. The first-order chi connectivity index (χ1) is 8.02. The maximum absolute atomic E-state index is 9.91. The second-order valence-electron chi connectivity index (χ2n) is 3.74. The molecule has 1 heterocycles. The first kappa shape index (κ1) is 14.8. The lowest BCUT2D eigenvalue weighted by molar-refractivity contribution is 0.215. The molecule has 0 saturated carbocycles. The van der Waals surface area contributed by atoms with Crippen molar-refractivity contribution in [3.8, 4) is 0 Å². The molecule has 0 unspecified atom stereocenters. The standard InChI is InChI=1S/C12H16INO2S/c1-8(5-11-7-17-9(2)14-11)12(16)4-3-10(13)6-15/h3,5,7,12,15-16H,4,6H2,1-2H3/b8-5+,10-3-/t12-/m0/s1. The van der Waals surface area contributed by atoms with Gasteiger partial charge in [-0.1, -0.05) is 6.08 Å². The predicted octanol–water partition coefficient (Wildman–Crippen LogP) is 2.92. The average Bonchev–Trinajstić information content (AvgIpc) is 2.70. The van der Waals surface area contributed by atoms with Gasteiger partial charge in [-0.2, -0.15) is 0 Å². The first-order valence-corrected chi connectivity index (χ1v) is 7.22. The van der Waals surface area contributed by atoms with Gasteiger partial charge in [0.25, 0.3) is 0 Å². The number of hydrogen-bond donors (Lipinski definition) is 2. The Hall–Kier alpha value is -0.240. The highest BCUT2D eigenvalue weighted by atomic mass is 127. The van der Waals surface area contributed by atoms with Crippen molar-refractivity contribution in [1.29, 1.82) is 0 Å². The quantitative estimate of drug-likeness (QED) is 0.789. The Bertz CT molecular complexity index is 426. The van der Waals surface area contributed by atoms with Gasteiger partial charge in [-0.25, -0.2) is 4.98 Å². The summed E-state index contributed by atoms with van der Waals surface area (Å²) in [7, 11) is 0. The van der Waals surface area contributed by atoms with E-state index in [9.17, 15) is 5.11 Å². The second-order valence-corrected chi connectivity index (χ2v) is 6.19. The van der Waals surface area contributed by atoms with E-state index in [4.69, 9.17) is 5.11 Å². The highest BCUT2D eigenvalue weighted by Crippen LogP contribution is 2.16. The lowest BCUT2D eigenvalue weighted by atomic mass is 10.1. The Morgan fingerprint density at radius 2 is 2.35 bits per heavy atom. The lowest BCUT2D eigenvalue weighted by Gasteiger charge is -2.08. The zero-order chi connectivity index (χ0) is 12.8. The van der Waals surface area contributed by atoms with Crippen LogP contribution in [-0.4, -0.2) is 27.9 Å². The van der Waals surface area contributed by atoms with Crippen LogP contribution in [0.15, 0.2) is 20.6 Å². The Labute approximate surface area is 119 Å². The molecule has 0 aliphatic rings. The van der Waals surface area contributed by atoms with Gasteiger partial charge in [0.15, 0.2) is 0 Å². The zero-order valence-electron chi connectivity index (χ0n) is 9.85. The number of nitrogens with zero attached hydrogens (tertiary/aromatic N) is 1. The van der Waals surface area contributed by atoms with E-state index in [0.29, 0.717) is 6.42 Å². The van der Waals surface area contributed by atoms with Crippen LogP contribution in [0.4, 0.5) is 0 Å². The molecule has 0 fully saturated rings. The number of halogens is 1. The van der Waals surface area contributed by atoms with Gasteiger partial charge in [0, 0.05) is 8.96 Å². The minimum atomic E-state index is -0.520. The fraction of sp³-hybridized carbons (Fsp3) is 0.417. The van der Waals surface area contributed by atoms with Gasteiger partial charge in [0.2, 0.25) is 0 Å². The molecule has 94 valence electrons. The van der Waals surface area contributed by atoms with Gasteiger partial charge in [0.1, 0.15) is 0 Å². The zero-order valence-corrected chi connectivity index (χ0v) is 12.8. The van der Waals surface area contributed by atoms with Crippen molar-refractivity contribution >= 4 is 40.0 Å². The molecule has 0 amide bonds. The van der Waals surface area contributed by atoms with Crippen LogP contribution in [0.3, 0.4) is 0 Å². The summed E-state index contributed by atoms with van der Waals surface area (Å²) < 4.78 is 0.846. The molecule has 5 heteroatoms. The largest absolute Gasteiger partial charge is 0.391 e. The number of aliphatic hydroxyl groups is 2. The third-order valence-electron chi connectivity index (χ3n) is 2.25. The number of aliphatic hydroxyl groups excluding tert-OH is 2. The smallest absolute Gasteiger partial charge is 0.0901 e. The Kier molecular flexibility index (Phi) is 6.32. The van der Waals surface area contributed by atoms with Crippen molar-refractivity contribution in [3.05, 3.63) is 31.3 Å². The molecule has 0 saturated heterocycles. The summed E-state index contributed by atoms with van der Waals surface area (Å²) in [6, 6.07) is 0. The van der Waals surface area contributed by atoms with Gasteiger partial charge in [-0.05, 0) is 54.5 Å². The summed E-state index contributed by atoms with van der Waals surface area (Å²) in [6.07, 6.45) is 3.74. The van der Waals surface area contributed by atoms with E-state index in [0.717, 1.165) is 19.9 Å². The summed E-state index contributed by atoms with van der Waals surface area (Å²) in [5.41, 5.74) is 1.78. The Morgan fingerprint density at radius 1 is 1.65 bits per heavy atom. The molecular formula is C12H16INO2S. The van der Waals surface area contributed by atoms with Crippen LogP contribution in [0.25, 0.3) is 6.08 Å². The molecule has 0 spiro atoms. The molecule has 1 rings (SSSR count). The molecule has 0 aliphatic carbocycles. The van der Waals surface area contributed by atoms with E-state index < -0.39 is 6.10 Å². The molecule has 3 nitrogen and oxygen atoms in total. The lowest BCUT2D eigenvalue weighted by Crippen LogP contribution is -2.06. The SMILES string of the molecule is C/C(=C\c1csc(C)n1)[C@@H](O)C/C=C(\I)CO. The van der Waals surface area contributed by atoms with Crippen LogP contribution in [0.5, 0.6) is 0 Å². The van der Waals surface area contributed by atoms with Crippen LogP contribution < -0.4 is 0 Å². The third kappa shape index (κ3) is 5.29. The van der Waals surface area contributed by atoms with Crippen LogP contribution in [0.1, 0.15) is 24.0 Å². The molecule has 17 heavy (non-hydrogen) atoms. The van der Waals surface area contributed by atoms with Crippen LogP contribution in [0.2, 0.25) is 0 Å². The maximum Gasteiger partial charge on any atom is 0.0901 e. The Balaban J connectivity index is 2.63. The van der Waals surface area contributed by atoms with Crippen LogP contribution in [-0.2, 0) is 0 Å². The van der Waals surface area contributed by atoms with Gasteiger partial charge in [-0.15, -0.1) is 11.3 Å². The molecule has 0 radical (unpaired) electrons. The minimum Gasteiger partial charge on any atom is -0.391 e. The fourth-order valence-corrected chi connectivity index (χ4v) is 2.09. The van der Waals surface area contributed by atoms with Gasteiger partial charge in [-0.3, -0.25) is 0 Å². The predicted molar refractivity (Wildman–Crippen MR) is 80.3 cm³/mol. The van der Waals surface area contributed by atoms with Gasteiger partial charge >= 0.3 is 0 Å². The molecule has 1 aromatic heterocycles. The van der Waals surface area contributed by atoms with E-state index in [1.807, 2.05) is 31.4 Å². The molecule has 2 N–H and O–H groups in total. The van der Waals surface area contributed by atoms with Gasteiger partial charge in [0.05, 0.1) is 23.4 Å². The van der Waals surface area contributed by atoms with Crippen LogP contribution in [0, 0.1) is 6.92 Å². The number of aromatic nitrogens is 1. The molecule has 1 atom stereocenters. The van der Waals surface area contributed by atoms with E-state index in [2.05, 4.69) is 27.6 Å². The van der Waals surface area contributed by atoms with Crippen molar-refractivity contribution in [2.45, 2.75) is 26.4 Å². The van der Waals surface area contributed by atoms with Crippen LogP contribution >= 0.6 is 33.9 Å². The third-order valence-corrected chi connectivity index (χ3v) is 3.82. The molecule has 1 aromatic rings. The minimum absolute atomic E-state index is 0.0291. The second kappa shape index (κ2) is 7.25. The molecule has 0 aliphatic heterocycles. The van der Waals surface area contributed by atoms with E-state index in [1.165, 1.54) is 0 Å². The van der Waals surface area contributed by atoms with Crippen molar-refractivity contribution in [1.82, 2.24) is 4.98 Å². The number of thiazole rings is 1. The molecule has 0 aromatic carbocycles. The number of rotatable bonds is 5. The summed E-state index contributed by atoms with van der Waals surface area (Å²) in [5, 5.41) is 21.7. The summed E-state index contributed by atoms with van der Waals surface area (Å²) in [4.78, 5) is 4.32. The van der Waals surface area contributed by atoms with Crippen molar-refractivity contribution in [3.63, 3.8) is 0 Å². The normalized spacial score (nSPS) is 15.1. The topological polar surface area (TPSA) is 53.4 Å². The van der Waals surface area contributed by atoms with E-state index in [-0.39, 0.29) is 6.61 Å². The highest BCUT2D eigenvalue weighted by Gasteiger charge is 2.06. The van der Waals surface area contributed by atoms with Crippen molar-refractivity contribution < 1.29 is 10.2 Å². The van der Waals surface area contributed by atoms with E-state index >= 15 is 0 Å². The fourth-order valence-electron chi connectivity index (χ4n) is 1.27. The first-order valence-electron chi connectivity index (χ1n) is 5.26. The monoisotopic (exact) mass is 365 g/mol. The van der Waals surface area contributed by atoms with Gasteiger partial charge < -0.3 is 10.2 Å². The number of aryl methyl sites for hydroxylation is 1. The summed E-state index contributed by atoms with van der Waals surface area (Å²) >= 11 is 3.66. The average molecular weight is 365 g/mol.